The van der Waals surface area contributed by atoms with Gasteiger partial charge in [0.05, 0.1) is 71.2 Å². The molecule has 11 aromatic heterocycles. The van der Waals surface area contributed by atoms with E-state index in [1.165, 1.54) is 33.9 Å². The summed E-state index contributed by atoms with van der Waals surface area (Å²) in [6.45, 7) is 13.8. The number of pyridine rings is 7. The minimum atomic E-state index is -0.493. The van der Waals surface area contributed by atoms with Crippen molar-refractivity contribution in [3.63, 3.8) is 0 Å². The van der Waals surface area contributed by atoms with Crippen LogP contribution in [0.3, 0.4) is 0 Å². The average Bonchev–Trinajstić information content (AvgIpc) is 1.40. The van der Waals surface area contributed by atoms with Crippen LogP contribution in [0.5, 0.6) is 0 Å². The number of nitrogens with one attached hydrogen (secondary N) is 4. The van der Waals surface area contributed by atoms with Crippen LogP contribution in [0, 0.1) is 88.5 Å². The van der Waals surface area contributed by atoms with Gasteiger partial charge in [-0.2, -0.15) is 20.4 Å². The van der Waals surface area contributed by atoms with Crippen LogP contribution < -0.4 is 21.3 Å². The fourth-order valence-electron chi connectivity index (χ4n) is 19.1. The standard InChI is InChI=1S/C24H25FN6O.C23H21BrFN5O.2C22H24FN7O/c1-14-8-17(21(28-11-14)23-26-6-3-7-27-23)24(32)31-13-16-4-5-20(31)19(10-16)30-22-18(25)9-15(2)12-29-22;24-15-6-8-20(28-12-15)29-18-11-14-5-7-19(18)30(13-14)23(31)16-3-1-4-17(25)21(16)22-26-9-2-10-27-22;1-13-9-16(23)21(24-11-13)28-17-10-15-4-6-18(17)29(12-15)22(31)20-19(5-3-14(2)27-20)30-25-7-8-26-30;1-13-7-16(21(25-11-13)30-26-5-6-27-30)22(31)29-12-15-3-4-19(29)18(9-15)28-20-17(23)8-14(2)10-24-20/h3,6-9,11-12,16,19-20H,4-5,10,13H2,1-2H3,(H,29,30);1-4,6,8-10,12,14,18-19H,5,7,11,13H2,(H,28,29);3,5,7-9,11,15,17-18H,4,6,10,12H2,1-2H3,(H,24,28);5-8,10-11,15,18-19H,3-4,9,12H2,1-2H3,(H,24,28). The molecule has 125 heavy (non-hydrogen) atoms. The number of aryl methyl sites for hydroxylation is 6. The number of aromatic nitrogens is 17. The lowest BCUT2D eigenvalue weighted by Gasteiger charge is -2.50. The average molecular weight is 1760 g/mol. The first-order valence-corrected chi connectivity index (χ1v) is 43.1. The van der Waals surface area contributed by atoms with E-state index in [0.29, 0.717) is 95.3 Å². The number of fused-ring (bicyclic) bond motifs is 12. The second-order valence-electron chi connectivity index (χ2n) is 33.8. The fraction of sp³-hybridized carbons (Fsp3) is 0.374. The lowest BCUT2D eigenvalue weighted by molar-refractivity contribution is 0.0273. The van der Waals surface area contributed by atoms with Crippen molar-refractivity contribution in [1.29, 1.82) is 0 Å². The van der Waals surface area contributed by atoms with Crippen LogP contribution in [0.2, 0.25) is 0 Å². The summed E-state index contributed by atoms with van der Waals surface area (Å²) in [7, 11) is 0. The number of rotatable bonds is 16. The quantitative estimate of drug-likeness (QED) is 0.0653. The van der Waals surface area contributed by atoms with Crippen LogP contribution in [0.1, 0.15) is 152 Å². The molecule has 12 aromatic rings. The van der Waals surface area contributed by atoms with Crippen molar-refractivity contribution >= 4 is 62.8 Å². The van der Waals surface area contributed by atoms with Crippen LogP contribution >= 0.6 is 15.9 Å². The summed E-state index contributed by atoms with van der Waals surface area (Å²) in [5.41, 5.74) is 7.68. The van der Waals surface area contributed by atoms with E-state index in [4.69, 9.17) is 0 Å². The molecule has 0 spiro atoms. The smallest absolute Gasteiger partial charge is 0.275 e. The number of carbonyl (C=O) groups excluding carboxylic acids is 4. The number of hydrogen-bond acceptors (Lipinski definition) is 23. The highest BCUT2D eigenvalue weighted by Gasteiger charge is 2.49. The highest BCUT2D eigenvalue weighted by molar-refractivity contribution is 9.10. The van der Waals surface area contributed by atoms with E-state index >= 15 is 0 Å². The maximum Gasteiger partial charge on any atom is 0.275 e. The molecule has 24 rings (SSSR count). The van der Waals surface area contributed by atoms with E-state index in [0.717, 1.165) is 121 Å². The number of benzene rings is 1. The van der Waals surface area contributed by atoms with Crippen molar-refractivity contribution in [3.05, 3.63) is 255 Å². The van der Waals surface area contributed by atoms with Gasteiger partial charge in [-0.25, -0.2) is 67.4 Å². The van der Waals surface area contributed by atoms with Gasteiger partial charge in [-0.1, -0.05) is 6.07 Å². The minimum Gasteiger partial charge on any atom is -0.365 e. The Hall–Kier alpha value is -13.0. The Bertz CT molecular complexity index is 5740. The van der Waals surface area contributed by atoms with Crippen molar-refractivity contribution in [2.45, 2.75) is 167 Å². The van der Waals surface area contributed by atoms with E-state index in [2.05, 4.69) is 112 Å². The zero-order valence-electron chi connectivity index (χ0n) is 69.8. The van der Waals surface area contributed by atoms with Crippen molar-refractivity contribution < 1.29 is 36.7 Å². The largest absolute Gasteiger partial charge is 0.365 e. The third kappa shape index (κ3) is 18.5. The van der Waals surface area contributed by atoms with Gasteiger partial charge in [0.1, 0.15) is 23.0 Å². The highest BCUT2D eigenvalue weighted by Crippen LogP contribution is 2.44. The van der Waals surface area contributed by atoms with Crippen molar-refractivity contribution in [1.82, 2.24) is 104 Å². The number of amides is 4. The molecule has 8 saturated heterocycles. The number of halogens is 5. The van der Waals surface area contributed by atoms with Crippen molar-refractivity contribution in [3.8, 4) is 34.4 Å². The van der Waals surface area contributed by atoms with E-state index in [-0.39, 0.29) is 118 Å². The SMILES string of the molecule is Cc1cnc(NC2CC3CCC2N(C(=O)c2cc(C)cnc2-c2ncccn2)C3)c(F)c1.Cc1cnc(NC2CC3CCC2N(C(=O)c2cc(C)cnc2-n2nccn2)C3)c(F)c1.Cc1cnc(NC2CC3CCC2N(C(=O)c2nc(C)ccc2-n2nccn2)C3)c(F)c1.O=C(c1cccc(F)c1-c1ncccn1)N1CC2CCC1C(Nc1ccc(Br)cn1)C2. The van der Waals surface area contributed by atoms with Crippen molar-refractivity contribution in [2.24, 2.45) is 23.7 Å². The molecule has 4 aliphatic carbocycles. The summed E-state index contributed by atoms with van der Waals surface area (Å²) in [6.07, 6.45) is 34.2. The van der Waals surface area contributed by atoms with Gasteiger partial charge < -0.3 is 40.9 Å². The molecule has 8 bridgehead atoms. The Balaban J connectivity index is 0.000000118. The van der Waals surface area contributed by atoms with E-state index in [1.54, 1.807) is 111 Å². The molecular formula is C91H94BrF4N25O4. The Labute approximate surface area is 727 Å². The van der Waals surface area contributed by atoms with Crippen LogP contribution in [-0.2, 0) is 0 Å². The number of carbonyl (C=O) groups is 4. The van der Waals surface area contributed by atoms with Crippen LogP contribution in [0.25, 0.3) is 34.4 Å². The van der Waals surface area contributed by atoms with Gasteiger partial charge in [0.15, 0.2) is 58.1 Å². The summed E-state index contributed by atoms with van der Waals surface area (Å²) in [5, 5.41) is 30.0. The Kier molecular flexibility index (Phi) is 24.8. The molecule has 12 aliphatic rings. The lowest BCUT2D eigenvalue weighted by atomic mass is 9.76. The first-order chi connectivity index (χ1) is 60.6. The molecule has 642 valence electrons. The van der Waals surface area contributed by atoms with Crippen LogP contribution in [0.15, 0.2) is 176 Å². The Morgan fingerprint density at radius 3 is 1.26 bits per heavy atom. The molecule has 8 aliphatic heterocycles. The third-order valence-electron chi connectivity index (χ3n) is 24.9. The fourth-order valence-corrected chi connectivity index (χ4v) is 19.4. The van der Waals surface area contributed by atoms with Crippen molar-refractivity contribution in [2.75, 3.05) is 47.4 Å². The molecule has 1 aromatic carbocycles. The Morgan fingerprint density at radius 2 is 0.792 bits per heavy atom. The molecule has 4 saturated carbocycles. The first kappa shape index (κ1) is 84.2. The van der Waals surface area contributed by atoms with Gasteiger partial charge in [0.2, 0.25) is 0 Å². The molecule has 4 N–H and O–H groups in total. The number of anilines is 4. The second kappa shape index (κ2) is 36.8. The molecule has 12 fully saturated rings. The lowest BCUT2D eigenvalue weighted by Crippen LogP contribution is -2.60. The summed E-state index contributed by atoms with van der Waals surface area (Å²) < 4.78 is 58.9. The van der Waals surface area contributed by atoms with Gasteiger partial charge in [0, 0.05) is 122 Å². The van der Waals surface area contributed by atoms with Crippen LogP contribution in [-0.4, -0.2) is 203 Å². The van der Waals surface area contributed by atoms with Gasteiger partial charge in [0.25, 0.3) is 23.6 Å². The van der Waals surface area contributed by atoms with Gasteiger partial charge >= 0.3 is 0 Å². The zero-order chi connectivity index (χ0) is 86.7. The second-order valence-corrected chi connectivity index (χ2v) is 34.7. The van der Waals surface area contributed by atoms with Crippen LogP contribution in [0.4, 0.5) is 40.8 Å². The highest BCUT2D eigenvalue weighted by atomic mass is 79.9. The molecule has 4 amide bonds. The molecular weight excluding hydrogens is 1660 g/mol. The molecule has 0 radical (unpaired) electrons. The molecule has 34 heteroatoms. The van der Waals surface area contributed by atoms with Gasteiger partial charge in [-0.15, -0.1) is 9.59 Å². The molecule has 19 heterocycles. The minimum absolute atomic E-state index is 0.0238. The number of hydrogen-bond donors (Lipinski definition) is 4. The summed E-state index contributed by atoms with van der Waals surface area (Å²) in [5.74, 6) is 2.00. The van der Waals surface area contributed by atoms with Gasteiger partial charge in [-0.3, -0.25) is 24.2 Å². The van der Waals surface area contributed by atoms with E-state index in [1.807, 2.05) is 97.5 Å². The molecule has 29 nitrogen and oxygen atoms in total. The third-order valence-corrected chi connectivity index (χ3v) is 25.3. The predicted octanol–water partition coefficient (Wildman–Crippen LogP) is 14.2. The van der Waals surface area contributed by atoms with E-state index < -0.39 is 5.82 Å². The van der Waals surface area contributed by atoms with Gasteiger partial charge in [-0.05, 0) is 265 Å². The molecule has 12 unspecified atom stereocenters. The zero-order valence-corrected chi connectivity index (χ0v) is 71.4. The maximum absolute atomic E-state index is 14.8. The summed E-state index contributed by atoms with van der Waals surface area (Å²) in [6, 6.07) is 23.4. The maximum atomic E-state index is 14.8. The monoisotopic (exact) mass is 1760 g/mol. The normalized spacial score (nSPS) is 22.4. The summed E-state index contributed by atoms with van der Waals surface area (Å²) in [4.78, 5) is 113. The Morgan fingerprint density at radius 1 is 0.376 bits per heavy atom. The number of piperidine rings is 8. The topological polar surface area (TPSA) is 333 Å². The molecule has 12 atom stereocenters. The summed E-state index contributed by atoms with van der Waals surface area (Å²) >= 11 is 3.41. The first-order valence-electron chi connectivity index (χ1n) is 42.3. The van der Waals surface area contributed by atoms with E-state index in [9.17, 15) is 36.7 Å². The predicted molar refractivity (Wildman–Crippen MR) is 462 cm³/mol. The number of nitrogens with zero attached hydrogens (tertiary/aromatic N) is 21.